The summed E-state index contributed by atoms with van der Waals surface area (Å²) in [4.78, 5) is 22.0. The van der Waals surface area contributed by atoms with Crippen LogP contribution in [0.5, 0.6) is 0 Å². The lowest BCUT2D eigenvalue weighted by Gasteiger charge is -2.02. The number of carboxylic acids is 1. The molecular weight excluding hydrogens is 250 g/mol. The summed E-state index contributed by atoms with van der Waals surface area (Å²) in [5, 5.41) is 15.1. The second-order valence-electron chi connectivity index (χ2n) is 3.81. The van der Waals surface area contributed by atoms with Crippen LogP contribution in [-0.2, 0) is 20.9 Å². The molecule has 7 nitrogen and oxygen atoms in total. The quantitative estimate of drug-likeness (QED) is 0.512. The molecule has 2 N–H and O–H groups in total. The standard InChI is InChI=1S/C12H17N3O4/c1-2-7-19-8-3-4-11(16)13-10-5-6-15(14-10)9-12(17)18/h2,5-6H,1,3-4,7-9H2,(H,17,18)(H,13,14,16). The number of hydrogen-bond donors (Lipinski definition) is 2. The van der Waals surface area contributed by atoms with Gasteiger partial charge in [0, 0.05) is 25.3 Å². The Kier molecular flexibility index (Phi) is 6.31. The zero-order chi connectivity index (χ0) is 14.1. The summed E-state index contributed by atoms with van der Waals surface area (Å²) in [5.74, 6) is -0.818. The highest BCUT2D eigenvalue weighted by molar-refractivity contribution is 5.89. The highest BCUT2D eigenvalue weighted by Gasteiger charge is 2.06. The number of aromatic nitrogens is 2. The number of carbonyl (C=O) groups is 2. The lowest BCUT2D eigenvalue weighted by Crippen LogP contribution is -2.14. The topological polar surface area (TPSA) is 93.5 Å². The van der Waals surface area contributed by atoms with Crippen LogP contribution < -0.4 is 5.32 Å². The fourth-order valence-corrected chi connectivity index (χ4v) is 1.36. The van der Waals surface area contributed by atoms with Crippen molar-refractivity contribution < 1.29 is 19.4 Å². The maximum atomic E-state index is 11.5. The first-order chi connectivity index (χ1) is 9.11. The van der Waals surface area contributed by atoms with Crippen LogP contribution in [0.3, 0.4) is 0 Å². The Labute approximate surface area is 110 Å². The third kappa shape index (κ3) is 6.37. The summed E-state index contributed by atoms with van der Waals surface area (Å²) in [6.07, 6.45) is 4.07. The molecule has 0 atom stereocenters. The largest absolute Gasteiger partial charge is 0.480 e. The molecule has 19 heavy (non-hydrogen) atoms. The maximum Gasteiger partial charge on any atom is 0.325 e. The molecular formula is C12H17N3O4. The minimum atomic E-state index is -0.986. The van der Waals surface area contributed by atoms with Gasteiger partial charge in [0.15, 0.2) is 5.82 Å². The van der Waals surface area contributed by atoms with E-state index < -0.39 is 5.97 Å². The molecule has 0 spiro atoms. The van der Waals surface area contributed by atoms with Crippen LogP contribution in [0.25, 0.3) is 0 Å². The monoisotopic (exact) mass is 267 g/mol. The normalized spacial score (nSPS) is 10.1. The molecule has 0 fully saturated rings. The Bertz CT molecular complexity index is 442. The Morgan fingerprint density at radius 1 is 1.58 bits per heavy atom. The molecule has 0 radical (unpaired) electrons. The van der Waals surface area contributed by atoms with Crippen LogP contribution in [-0.4, -0.2) is 40.0 Å². The molecule has 1 amide bonds. The number of carboxylic acid groups (broad SMARTS) is 1. The molecule has 0 unspecified atom stereocenters. The van der Waals surface area contributed by atoms with E-state index in [4.69, 9.17) is 9.84 Å². The van der Waals surface area contributed by atoms with Gasteiger partial charge in [-0.25, -0.2) is 0 Å². The van der Waals surface area contributed by atoms with Crippen molar-refractivity contribution in [2.24, 2.45) is 0 Å². The van der Waals surface area contributed by atoms with E-state index in [1.807, 2.05) is 0 Å². The van der Waals surface area contributed by atoms with Gasteiger partial charge in [0.05, 0.1) is 6.61 Å². The predicted molar refractivity (Wildman–Crippen MR) is 68.7 cm³/mol. The summed E-state index contributed by atoms with van der Waals surface area (Å²) in [6, 6.07) is 1.55. The fourth-order valence-electron chi connectivity index (χ4n) is 1.36. The highest BCUT2D eigenvalue weighted by Crippen LogP contribution is 2.04. The van der Waals surface area contributed by atoms with Crippen molar-refractivity contribution in [3.05, 3.63) is 24.9 Å². The smallest absolute Gasteiger partial charge is 0.325 e. The summed E-state index contributed by atoms with van der Waals surface area (Å²) in [6.45, 7) is 4.25. The average molecular weight is 267 g/mol. The minimum absolute atomic E-state index is 0.178. The van der Waals surface area contributed by atoms with E-state index in [2.05, 4.69) is 17.0 Å². The van der Waals surface area contributed by atoms with E-state index in [0.717, 1.165) is 0 Å². The van der Waals surface area contributed by atoms with E-state index in [0.29, 0.717) is 31.9 Å². The minimum Gasteiger partial charge on any atom is -0.480 e. The summed E-state index contributed by atoms with van der Waals surface area (Å²) in [7, 11) is 0. The number of hydrogen-bond acceptors (Lipinski definition) is 4. The van der Waals surface area contributed by atoms with E-state index >= 15 is 0 Å². The van der Waals surface area contributed by atoms with Crippen LogP contribution in [0.2, 0.25) is 0 Å². The third-order valence-electron chi connectivity index (χ3n) is 2.13. The van der Waals surface area contributed by atoms with Crippen molar-refractivity contribution in [2.45, 2.75) is 19.4 Å². The number of nitrogens with one attached hydrogen (secondary N) is 1. The zero-order valence-electron chi connectivity index (χ0n) is 10.5. The van der Waals surface area contributed by atoms with E-state index in [-0.39, 0.29) is 12.5 Å². The van der Waals surface area contributed by atoms with Crippen LogP contribution >= 0.6 is 0 Å². The van der Waals surface area contributed by atoms with Crippen molar-refractivity contribution in [1.82, 2.24) is 9.78 Å². The Balaban J connectivity index is 2.26. The molecule has 0 saturated heterocycles. The van der Waals surface area contributed by atoms with Crippen LogP contribution in [0.15, 0.2) is 24.9 Å². The van der Waals surface area contributed by atoms with Crippen LogP contribution in [0, 0.1) is 0 Å². The summed E-state index contributed by atoms with van der Waals surface area (Å²) in [5.41, 5.74) is 0. The molecule has 1 heterocycles. The second kappa shape index (κ2) is 8.04. The number of rotatable bonds is 9. The highest BCUT2D eigenvalue weighted by atomic mass is 16.5. The van der Waals surface area contributed by atoms with Gasteiger partial charge in [0.1, 0.15) is 6.54 Å². The van der Waals surface area contributed by atoms with Gasteiger partial charge in [0.25, 0.3) is 0 Å². The third-order valence-corrected chi connectivity index (χ3v) is 2.13. The van der Waals surface area contributed by atoms with Gasteiger partial charge in [0.2, 0.25) is 5.91 Å². The number of nitrogens with zero attached hydrogens (tertiary/aromatic N) is 2. The first-order valence-electron chi connectivity index (χ1n) is 5.85. The van der Waals surface area contributed by atoms with E-state index in [1.54, 1.807) is 12.1 Å². The van der Waals surface area contributed by atoms with E-state index in [1.165, 1.54) is 10.9 Å². The van der Waals surface area contributed by atoms with Crippen molar-refractivity contribution in [3.8, 4) is 0 Å². The summed E-state index contributed by atoms with van der Waals surface area (Å²) < 4.78 is 6.39. The molecule has 0 saturated carbocycles. The molecule has 1 aromatic rings. The number of amides is 1. The Hall–Kier alpha value is -2.15. The van der Waals surface area contributed by atoms with Gasteiger partial charge in [-0.2, -0.15) is 5.10 Å². The summed E-state index contributed by atoms with van der Waals surface area (Å²) >= 11 is 0. The van der Waals surface area contributed by atoms with Crippen molar-refractivity contribution in [1.29, 1.82) is 0 Å². The van der Waals surface area contributed by atoms with Gasteiger partial charge >= 0.3 is 5.97 Å². The SMILES string of the molecule is C=CCOCCCC(=O)Nc1ccn(CC(=O)O)n1. The van der Waals surface area contributed by atoms with Gasteiger partial charge in [-0.3, -0.25) is 14.3 Å². The number of anilines is 1. The van der Waals surface area contributed by atoms with Crippen molar-refractivity contribution >= 4 is 17.7 Å². The molecule has 0 aromatic carbocycles. The number of ether oxygens (including phenoxy) is 1. The molecule has 0 aliphatic rings. The van der Waals surface area contributed by atoms with Gasteiger partial charge in [-0.05, 0) is 6.42 Å². The number of carbonyl (C=O) groups excluding carboxylic acids is 1. The van der Waals surface area contributed by atoms with Crippen LogP contribution in [0.4, 0.5) is 5.82 Å². The Morgan fingerprint density at radius 2 is 2.37 bits per heavy atom. The molecule has 1 rings (SSSR count). The van der Waals surface area contributed by atoms with Gasteiger partial charge < -0.3 is 15.2 Å². The van der Waals surface area contributed by atoms with Gasteiger partial charge in [-0.1, -0.05) is 6.08 Å². The number of aliphatic carboxylic acids is 1. The molecule has 0 aliphatic carbocycles. The fraction of sp³-hybridized carbons (Fsp3) is 0.417. The Morgan fingerprint density at radius 3 is 3.05 bits per heavy atom. The van der Waals surface area contributed by atoms with E-state index in [9.17, 15) is 9.59 Å². The average Bonchev–Trinajstić information content (AvgIpc) is 2.75. The molecule has 0 bridgehead atoms. The molecule has 104 valence electrons. The first-order valence-corrected chi connectivity index (χ1v) is 5.85. The lowest BCUT2D eigenvalue weighted by atomic mass is 10.3. The first kappa shape index (κ1) is 14.9. The van der Waals surface area contributed by atoms with Gasteiger partial charge in [-0.15, -0.1) is 6.58 Å². The maximum absolute atomic E-state index is 11.5. The second-order valence-corrected chi connectivity index (χ2v) is 3.81. The predicted octanol–water partition coefficient (Wildman–Crippen LogP) is 0.889. The molecule has 0 aliphatic heterocycles. The zero-order valence-corrected chi connectivity index (χ0v) is 10.5. The van der Waals surface area contributed by atoms with Crippen molar-refractivity contribution in [3.63, 3.8) is 0 Å². The van der Waals surface area contributed by atoms with Crippen molar-refractivity contribution in [2.75, 3.05) is 18.5 Å². The lowest BCUT2D eigenvalue weighted by molar-refractivity contribution is -0.137. The molecule has 7 heteroatoms. The van der Waals surface area contributed by atoms with Crippen LogP contribution in [0.1, 0.15) is 12.8 Å². The molecule has 1 aromatic heterocycles.